The summed E-state index contributed by atoms with van der Waals surface area (Å²) in [6.45, 7) is 1.18. The Bertz CT molecular complexity index is 439. The number of thiazole rings is 1. The Kier molecular flexibility index (Phi) is 3.39. The van der Waals surface area contributed by atoms with Crippen LogP contribution in [0, 0.1) is 0 Å². The van der Waals surface area contributed by atoms with Crippen LogP contribution in [0.2, 0.25) is 0 Å². The van der Waals surface area contributed by atoms with Gasteiger partial charge in [-0.25, -0.2) is 9.78 Å². The fourth-order valence-corrected chi connectivity index (χ4v) is 2.27. The molecule has 6 nitrogen and oxygen atoms in total. The average Bonchev–Trinajstić information content (AvgIpc) is 2.97. The molecule has 7 heteroatoms. The maximum atomic E-state index is 12.0. The minimum absolute atomic E-state index is 0.0532. The van der Waals surface area contributed by atoms with Crippen molar-refractivity contribution in [2.24, 2.45) is 0 Å². The lowest BCUT2D eigenvalue weighted by Gasteiger charge is -2.21. The van der Waals surface area contributed by atoms with E-state index in [2.05, 4.69) is 4.98 Å². The Hall–Kier alpha value is -1.47. The zero-order chi connectivity index (χ0) is 12.4. The summed E-state index contributed by atoms with van der Waals surface area (Å²) >= 11 is 0.957. The number of nitrogens with zero attached hydrogens (tertiary/aromatic N) is 2. The number of hydrogen-bond acceptors (Lipinski definition) is 5. The summed E-state index contributed by atoms with van der Waals surface area (Å²) < 4.78 is 5.20. The van der Waals surface area contributed by atoms with Gasteiger partial charge < -0.3 is 14.7 Å². The van der Waals surface area contributed by atoms with E-state index < -0.39 is 5.97 Å². The van der Waals surface area contributed by atoms with Gasteiger partial charge in [-0.2, -0.15) is 0 Å². The van der Waals surface area contributed by atoms with Crippen LogP contribution in [0.4, 0.5) is 0 Å². The van der Waals surface area contributed by atoms with Crippen LogP contribution in [0.25, 0.3) is 0 Å². The standard InChI is InChI=1S/C10H12N2O4S/c1-12(6-2-3-16-4-6)9(13)7-5-17-8(11-7)10(14)15/h5-6H,2-4H2,1H3,(H,14,15). The second-order valence-corrected chi connectivity index (χ2v) is 4.63. The van der Waals surface area contributed by atoms with Crippen LogP contribution >= 0.6 is 11.3 Å². The van der Waals surface area contributed by atoms with Crippen LogP contribution in [0.1, 0.15) is 26.7 Å². The number of rotatable bonds is 3. The van der Waals surface area contributed by atoms with Gasteiger partial charge in [0.05, 0.1) is 12.6 Å². The summed E-state index contributed by atoms with van der Waals surface area (Å²) in [5, 5.41) is 10.1. The highest BCUT2D eigenvalue weighted by molar-refractivity contribution is 7.11. The lowest BCUT2D eigenvalue weighted by Crippen LogP contribution is -2.37. The highest BCUT2D eigenvalue weighted by Gasteiger charge is 2.26. The lowest BCUT2D eigenvalue weighted by atomic mass is 10.2. The molecule has 0 radical (unpaired) electrons. The van der Waals surface area contributed by atoms with Crippen molar-refractivity contribution in [3.05, 3.63) is 16.1 Å². The van der Waals surface area contributed by atoms with E-state index in [4.69, 9.17) is 9.84 Å². The van der Waals surface area contributed by atoms with Crippen molar-refractivity contribution in [2.75, 3.05) is 20.3 Å². The molecule has 0 spiro atoms. The number of hydrogen-bond donors (Lipinski definition) is 1. The van der Waals surface area contributed by atoms with Crippen LogP contribution < -0.4 is 0 Å². The molecule has 0 bridgehead atoms. The number of carboxylic acids is 1. The van der Waals surface area contributed by atoms with Gasteiger partial charge in [0.25, 0.3) is 5.91 Å². The number of carbonyl (C=O) groups excluding carboxylic acids is 1. The smallest absolute Gasteiger partial charge is 0.365 e. The predicted molar refractivity (Wildman–Crippen MR) is 60.4 cm³/mol. The largest absolute Gasteiger partial charge is 0.476 e. The predicted octanol–water partition coefficient (Wildman–Crippen LogP) is 0.702. The molecule has 0 aliphatic carbocycles. The van der Waals surface area contributed by atoms with Crippen molar-refractivity contribution in [1.82, 2.24) is 9.88 Å². The van der Waals surface area contributed by atoms with E-state index in [9.17, 15) is 9.59 Å². The maximum absolute atomic E-state index is 12.0. The molecule has 0 saturated carbocycles. The molecular formula is C10H12N2O4S. The first-order valence-corrected chi connectivity index (χ1v) is 6.01. The summed E-state index contributed by atoms with van der Waals surface area (Å²) in [5.74, 6) is -1.37. The molecule has 1 aliphatic heterocycles. The van der Waals surface area contributed by atoms with Crippen molar-refractivity contribution in [3.63, 3.8) is 0 Å². The van der Waals surface area contributed by atoms with E-state index in [0.717, 1.165) is 17.8 Å². The molecule has 1 aromatic heterocycles. The number of aromatic nitrogens is 1. The van der Waals surface area contributed by atoms with Crippen molar-refractivity contribution >= 4 is 23.2 Å². The SMILES string of the molecule is CN(C(=O)c1csc(C(=O)O)n1)C1CCOC1. The Morgan fingerprint density at radius 3 is 2.94 bits per heavy atom. The van der Waals surface area contributed by atoms with E-state index >= 15 is 0 Å². The van der Waals surface area contributed by atoms with Gasteiger partial charge in [-0.3, -0.25) is 4.79 Å². The van der Waals surface area contributed by atoms with E-state index in [1.807, 2.05) is 0 Å². The van der Waals surface area contributed by atoms with E-state index in [-0.39, 0.29) is 22.7 Å². The minimum atomic E-state index is -1.11. The molecule has 1 saturated heterocycles. The van der Waals surface area contributed by atoms with Crippen LogP contribution in [0.15, 0.2) is 5.38 Å². The van der Waals surface area contributed by atoms with Gasteiger partial charge in [0, 0.05) is 19.0 Å². The molecule has 1 atom stereocenters. The third-order valence-corrected chi connectivity index (χ3v) is 3.51. The van der Waals surface area contributed by atoms with Crippen LogP contribution in [0.3, 0.4) is 0 Å². The fourth-order valence-electron chi connectivity index (χ4n) is 1.64. The van der Waals surface area contributed by atoms with Gasteiger partial charge in [0.15, 0.2) is 0 Å². The molecule has 2 heterocycles. The van der Waals surface area contributed by atoms with Gasteiger partial charge >= 0.3 is 5.97 Å². The fraction of sp³-hybridized carbons (Fsp3) is 0.500. The second-order valence-electron chi connectivity index (χ2n) is 3.78. The third kappa shape index (κ3) is 2.45. The molecule has 1 unspecified atom stereocenters. The Morgan fingerprint density at radius 1 is 1.65 bits per heavy atom. The third-order valence-electron chi connectivity index (χ3n) is 2.68. The number of ether oxygens (including phenoxy) is 1. The average molecular weight is 256 g/mol. The normalized spacial score (nSPS) is 19.2. The summed E-state index contributed by atoms with van der Waals surface area (Å²) in [6.07, 6.45) is 0.804. The van der Waals surface area contributed by atoms with Gasteiger partial charge in [-0.15, -0.1) is 11.3 Å². The van der Waals surface area contributed by atoms with Crippen molar-refractivity contribution in [3.8, 4) is 0 Å². The van der Waals surface area contributed by atoms with Crippen molar-refractivity contribution in [2.45, 2.75) is 12.5 Å². The number of aromatic carboxylic acids is 1. The zero-order valence-corrected chi connectivity index (χ0v) is 10.1. The van der Waals surface area contributed by atoms with Crippen LogP contribution in [-0.2, 0) is 4.74 Å². The van der Waals surface area contributed by atoms with Gasteiger partial charge in [0.1, 0.15) is 5.69 Å². The molecule has 1 aliphatic rings. The molecular weight excluding hydrogens is 244 g/mol. The van der Waals surface area contributed by atoms with E-state index in [1.165, 1.54) is 5.38 Å². The molecule has 1 amide bonds. The number of amides is 1. The Balaban J connectivity index is 2.09. The monoisotopic (exact) mass is 256 g/mol. The summed E-state index contributed by atoms with van der Waals surface area (Å²) in [6, 6.07) is 0.0532. The Morgan fingerprint density at radius 2 is 2.41 bits per heavy atom. The molecule has 0 aromatic carbocycles. The molecule has 2 rings (SSSR count). The van der Waals surface area contributed by atoms with Crippen LogP contribution in [-0.4, -0.2) is 53.2 Å². The zero-order valence-electron chi connectivity index (χ0n) is 9.25. The minimum Gasteiger partial charge on any atom is -0.476 e. The van der Waals surface area contributed by atoms with Gasteiger partial charge in [-0.05, 0) is 6.42 Å². The number of carboxylic acid groups (broad SMARTS) is 1. The second kappa shape index (κ2) is 4.80. The highest BCUT2D eigenvalue weighted by Crippen LogP contribution is 2.16. The van der Waals surface area contributed by atoms with E-state index in [0.29, 0.717) is 13.2 Å². The first-order valence-electron chi connectivity index (χ1n) is 5.13. The van der Waals surface area contributed by atoms with Crippen LogP contribution in [0.5, 0.6) is 0 Å². The van der Waals surface area contributed by atoms with Gasteiger partial charge in [-0.1, -0.05) is 0 Å². The molecule has 1 fully saturated rings. The van der Waals surface area contributed by atoms with E-state index in [1.54, 1.807) is 11.9 Å². The summed E-state index contributed by atoms with van der Waals surface area (Å²) in [7, 11) is 1.68. The maximum Gasteiger partial charge on any atom is 0.365 e. The summed E-state index contributed by atoms with van der Waals surface area (Å²) in [4.78, 5) is 28.0. The quantitative estimate of drug-likeness (QED) is 0.861. The molecule has 1 aromatic rings. The number of carbonyl (C=O) groups is 2. The molecule has 92 valence electrons. The Labute approximate surface area is 102 Å². The number of likely N-dealkylation sites (N-methyl/N-ethyl adjacent to an activating group) is 1. The summed E-state index contributed by atoms with van der Waals surface area (Å²) in [5.41, 5.74) is 0.182. The van der Waals surface area contributed by atoms with Crippen molar-refractivity contribution in [1.29, 1.82) is 0 Å². The first-order chi connectivity index (χ1) is 8.09. The van der Waals surface area contributed by atoms with Gasteiger partial charge in [0.2, 0.25) is 5.01 Å². The topological polar surface area (TPSA) is 79.7 Å². The molecule has 1 N–H and O–H groups in total. The van der Waals surface area contributed by atoms with Crippen molar-refractivity contribution < 1.29 is 19.4 Å². The molecule has 17 heavy (non-hydrogen) atoms. The lowest BCUT2D eigenvalue weighted by molar-refractivity contribution is 0.0694. The first kappa shape index (κ1) is 12.0. The highest BCUT2D eigenvalue weighted by atomic mass is 32.1.